The Balaban J connectivity index is 1.55. The summed E-state index contributed by atoms with van der Waals surface area (Å²) in [6, 6.07) is 20.9. The van der Waals surface area contributed by atoms with Gasteiger partial charge in [-0.05, 0) is 36.8 Å². The molecule has 0 saturated carbocycles. The predicted octanol–water partition coefficient (Wildman–Crippen LogP) is 3.96. The minimum absolute atomic E-state index is 0.431. The molecule has 1 aromatic heterocycles. The summed E-state index contributed by atoms with van der Waals surface area (Å²) in [5.74, 6) is 0.699. The van der Waals surface area contributed by atoms with E-state index in [-0.39, 0.29) is 0 Å². The molecule has 2 heterocycles. The normalized spacial score (nSPS) is 15.2. The van der Waals surface area contributed by atoms with Gasteiger partial charge < -0.3 is 4.90 Å². The summed E-state index contributed by atoms with van der Waals surface area (Å²) < 4.78 is 0. The van der Waals surface area contributed by atoms with Crippen LogP contribution in [0.25, 0.3) is 10.9 Å². The van der Waals surface area contributed by atoms with E-state index in [1.54, 1.807) is 0 Å². The van der Waals surface area contributed by atoms with Crippen molar-refractivity contribution in [3.8, 4) is 6.07 Å². The molecule has 0 atom stereocenters. The maximum absolute atomic E-state index is 9.48. The molecule has 0 N–H and O–H groups in total. The van der Waals surface area contributed by atoms with E-state index in [0.717, 1.165) is 48.9 Å². The van der Waals surface area contributed by atoms with E-state index in [1.165, 1.54) is 5.56 Å². The van der Waals surface area contributed by atoms with Crippen LogP contribution in [0.1, 0.15) is 24.1 Å². The molecule has 0 amide bonds. The molecule has 1 aliphatic heterocycles. The maximum Gasteiger partial charge on any atom is 0.187 e. The van der Waals surface area contributed by atoms with Crippen LogP contribution in [-0.2, 0) is 6.42 Å². The standard InChI is InChI=1S/C21H20N4/c22-15-20-21(18-8-4-5-9-19(18)23-24-20)25-12-10-17(11-13-25)14-16-6-2-1-3-7-16/h1-9,17H,10-14H2. The van der Waals surface area contributed by atoms with Crippen molar-refractivity contribution in [2.24, 2.45) is 5.92 Å². The lowest BCUT2D eigenvalue weighted by Crippen LogP contribution is -2.35. The largest absolute Gasteiger partial charge is 0.369 e. The lowest BCUT2D eigenvalue weighted by Gasteiger charge is -2.34. The molecule has 4 heteroatoms. The van der Waals surface area contributed by atoms with Crippen LogP contribution in [0.15, 0.2) is 54.6 Å². The quantitative estimate of drug-likeness (QED) is 0.730. The molecule has 3 aromatic rings. The lowest BCUT2D eigenvalue weighted by atomic mass is 9.90. The van der Waals surface area contributed by atoms with Gasteiger partial charge in [-0.25, -0.2) is 0 Å². The topological polar surface area (TPSA) is 52.8 Å². The zero-order chi connectivity index (χ0) is 17.1. The fraction of sp³-hybridized carbons (Fsp3) is 0.286. The summed E-state index contributed by atoms with van der Waals surface area (Å²) >= 11 is 0. The number of fused-ring (bicyclic) bond motifs is 1. The highest BCUT2D eigenvalue weighted by Gasteiger charge is 2.23. The third kappa shape index (κ3) is 3.18. The average Bonchev–Trinajstić information content (AvgIpc) is 2.68. The van der Waals surface area contributed by atoms with E-state index in [1.807, 2.05) is 24.3 Å². The highest BCUT2D eigenvalue weighted by molar-refractivity contribution is 5.93. The molecule has 0 spiro atoms. The first-order valence-corrected chi connectivity index (χ1v) is 8.79. The Morgan fingerprint density at radius 2 is 1.68 bits per heavy atom. The Labute approximate surface area is 147 Å². The Kier molecular flexibility index (Phi) is 4.30. The highest BCUT2D eigenvalue weighted by Crippen LogP contribution is 2.32. The summed E-state index contributed by atoms with van der Waals surface area (Å²) in [6.07, 6.45) is 3.40. The fourth-order valence-electron chi connectivity index (χ4n) is 3.74. The molecule has 124 valence electrons. The second-order valence-electron chi connectivity index (χ2n) is 6.65. The molecule has 4 rings (SSSR count). The van der Waals surface area contributed by atoms with E-state index in [2.05, 4.69) is 51.5 Å². The van der Waals surface area contributed by atoms with Gasteiger partial charge in [0.2, 0.25) is 0 Å². The summed E-state index contributed by atoms with van der Waals surface area (Å²) in [4.78, 5) is 2.32. The van der Waals surface area contributed by atoms with Gasteiger partial charge in [-0.1, -0.05) is 48.5 Å². The monoisotopic (exact) mass is 328 g/mol. The number of anilines is 1. The molecular formula is C21H20N4. The number of piperidine rings is 1. The van der Waals surface area contributed by atoms with Crippen LogP contribution in [0.4, 0.5) is 5.69 Å². The van der Waals surface area contributed by atoms with Crippen molar-refractivity contribution in [3.63, 3.8) is 0 Å². The van der Waals surface area contributed by atoms with E-state index in [0.29, 0.717) is 11.6 Å². The molecule has 2 aromatic carbocycles. The third-order valence-corrected chi connectivity index (χ3v) is 5.05. The molecule has 0 aliphatic carbocycles. The minimum Gasteiger partial charge on any atom is -0.369 e. The van der Waals surface area contributed by atoms with E-state index < -0.39 is 0 Å². The highest BCUT2D eigenvalue weighted by atomic mass is 15.2. The van der Waals surface area contributed by atoms with Gasteiger partial charge in [-0.2, -0.15) is 5.26 Å². The van der Waals surface area contributed by atoms with Gasteiger partial charge in [-0.3, -0.25) is 0 Å². The summed E-state index contributed by atoms with van der Waals surface area (Å²) in [5, 5.41) is 18.8. The Bertz CT molecular complexity index is 906. The molecule has 4 nitrogen and oxygen atoms in total. The van der Waals surface area contributed by atoms with Crippen LogP contribution in [0.5, 0.6) is 0 Å². The van der Waals surface area contributed by atoms with Crippen LogP contribution in [0, 0.1) is 17.2 Å². The summed E-state index contributed by atoms with van der Waals surface area (Å²) in [6.45, 7) is 1.92. The van der Waals surface area contributed by atoms with Crippen LogP contribution < -0.4 is 4.90 Å². The predicted molar refractivity (Wildman–Crippen MR) is 99.3 cm³/mol. The Morgan fingerprint density at radius 3 is 2.44 bits per heavy atom. The van der Waals surface area contributed by atoms with E-state index in [9.17, 15) is 5.26 Å². The molecule has 0 unspecified atom stereocenters. The third-order valence-electron chi connectivity index (χ3n) is 5.05. The average molecular weight is 328 g/mol. The van der Waals surface area contributed by atoms with E-state index in [4.69, 9.17) is 0 Å². The number of rotatable bonds is 3. The second kappa shape index (κ2) is 6.90. The number of nitriles is 1. The molecule has 25 heavy (non-hydrogen) atoms. The second-order valence-corrected chi connectivity index (χ2v) is 6.65. The van der Waals surface area contributed by atoms with E-state index >= 15 is 0 Å². The van der Waals surface area contributed by atoms with Gasteiger partial charge >= 0.3 is 0 Å². The fourth-order valence-corrected chi connectivity index (χ4v) is 3.74. The van der Waals surface area contributed by atoms with Gasteiger partial charge in [0.1, 0.15) is 6.07 Å². The van der Waals surface area contributed by atoms with Crippen LogP contribution >= 0.6 is 0 Å². The molecule has 0 radical (unpaired) electrons. The lowest BCUT2D eigenvalue weighted by molar-refractivity contribution is 0.404. The van der Waals surface area contributed by atoms with Gasteiger partial charge in [0, 0.05) is 18.5 Å². The molecular weight excluding hydrogens is 308 g/mol. The smallest absolute Gasteiger partial charge is 0.187 e. The molecule has 1 saturated heterocycles. The number of nitrogens with zero attached hydrogens (tertiary/aromatic N) is 4. The zero-order valence-electron chi connectivity index (χ0n) is 14.1. The van der Waals surface area contributed by atoms with Crippen molar-refractivity contribution in [3.05, 3.63) is 65.9 Å². The first kappa shape index (κ1) is 15.6. The van der Waals surface area contributed by atoms with Crippen molar-refractivity contribution in [1.82, 2.24) is 10.2 Å². The van der Waals surface area contributed by atoms with Gasteiger partial charge in [0.05, 0.1) is 11.2 Å². The Morgan fingerprint density at radius 1 is 0.960 bits per heavy atom. The number of benzene rings is 2. The van der Waals surface area contributed by atoms with Crippen molar-refractivity contribution < 1.29 is 0 Å². The minimum atomic E-state index is 0.431. The summed E-state index contributed by atoms with van der Waals surface area (Å²) in [5.41, 5.74) is 3.64. The van der Waals surface area contributed by atoms with Gasteiger partial charge in [-0.15, -0.1) is 10.2 Å². The van der Waals surface area contributed by atoms with Crippen molar-refractivity contribution >= 4 is 16.6 Å². The zero-order valence-corrected chi connectivity index (χ0v) is 14.1. The SMILES string of the molecule is N#Cc1nnc2ccccc2c1N1CCC(Cc2ccccc2)CC1. The van der Waals surface area contributed by atoms with Crippen LogP contribution in [-0.4, -0.2) is 23.3 Å². The van der Waals surface area contributed by atoms with Gasteiger partial charge in [0.25, 0.3) is 0 Å². The van der Waals surface area contributed by atoms with Crippen LogP contribution in [0.3, 0.4) is 0 Å². The Hall–Kier alpha value is -2.93. The molecule has 1 aliphatic rings. The van der Waals surface area contributed by atoms with Crippen molar-refractivity contribution in [2.45, 2.75) is 19.3 Å². The van der Waals surface area contributed by atoms with Crippen molar-refractivity contribution in [2.75, 3.05) is 18.0 Å². The summed E-state index contributed by atoms with van der Waals surface area (Å²) in [7, 11) is 0. The van der Waals surface area contributed by atoms with Gasteiger partial charge in [0.15, 0.2) is 5.69 Å². The number of aromatic nitrogens is 2. The first-order valence-electron chi connectivity index (χ1n) is 8.79. The van der Waals surface area contributed by atoms with Crippen LogP contribution in [0.2, 0.25) is 0 Å². The molecule has 0 bridgehead atoms. The maximum atomic E-state index is 9.48. The van der Waals surface area contributed by atoms with Crippen molar-refractivity contribution in [1.29, 1.82) is 5.26 Å². The molecule has 1 fully saturated rings. The number of hydrogen-bond acceptors (Lipinski definition) is 4. The number of hydrogen-bond donors (Lipinski definition) is 0. The first-order chi connectivity index (χ1) is 12.3.